The summed E-state index contributed by atoms with van der Waals surface area (Å²) in [5.41, 5.74) is 7.52. The smallest absolute Gasteiger partial charge is 0.151 e. The Morgan fingerprint density at radius 1 is 1.38 bits per heavy atom. The predicted molar refractivity (Wildman–Crippen MR) is 66.8 cm³/mol. The van der Waals surface area contributed by atoms with E-state index in [4.69, 9.17) is 11.1 Å². The van der Waals surface area contributed by atoms with Crippen LogP contribution in [0.25, 0.3) is 5.69 Å². The second-order valence-electron chi connectivity index (χ2n) is 3.29. The maximum absolute atomic E-state index is 7.13. The van der Waals surface area contributed by atoms with Crippen LogP contribution in [0.5, 0.6) is 0 Å². The standard InChI is InChI=1S/C11H12N4S/c12-11(13)16-7-9-1-3-10(4-2-9)15-6-5-14-8-15/h1-6,8H,7H2,(H3,12,13). The third-order valence-electron chi connectivity index (χ3n) is 2.13. The lowest BCUT2D eigenvalue weighted by Crippen LogP contribution is -2.03. The lowest BCUT2D eigenvalue weighted by molar-refractivity contribution is 1.05. The molecule has 1 aromatic carbocycles. The zero-order valence-electron chi connectivity index (χ0n) is 8.63. The van der Waals surface area contributed by atoms with Crippen molar-refractivity contribution in [2.24, 2.45) is 5.73 Å². The summed E-state index contributed by atoms with van der Waals surface area (Å²) in [5.74, 6) is 0.736. The quantitative estimate of drug-likeness (QED) is 0.628. The predicted octanol–water partition coefficient (Wildman–Crippen LogP) is 2.00. The Balaban J connectivity index is 2.08. The van der Waals surface area contributed by atoms with E-state index in [-0.39, 0.29) is 5.17 Å². The topological polar surface area (TPSA) is 67.7 Å². The van der Waals surface area contributed by atoms with E-state index in [1.807, 2.05) is 35.0 Å². The molecule has 0 bridgehead atoms. The van der Waals surface area contributed by atoms with Crippen molar-refractivity contribution in [3.05, 3.63) is 48.5 Å². The zero-order chi connectivity index (χ0) is 11.4. The number of benzene rings is 1. The molecule has 2 aromatic rings. The van der Waals surface area contributed by atoms with E-state index in [1.54, 1.807) is 12.5 Å². The molecule has 0 unspecified atom stereocenters. The second-order valence-corrected chi connectivity index (χ2v) is 4.31. The summed E-state index contributed by atoms with van der Waals surface area (Å²) >= 11 is 1.33. The minimum atomic E-state index is 0.152. The first-order valence-corrected chi connectivity index (χ1v) is 5.78. The van der Waals surface area contributed by atoms with Gasteiger partial charge in [-0.15, -0.1) is 0 Å². The largest absolute Gasteiger partial charge is 0.379 e. The SMILES string of the molecule is N=C(N)SCc1ccc(-n2ccnc2)cc1. The molecular formula is C11H12N4S. The monoisotopic (exact) mass is 232 g/mol. The molecule has 3 N–H and O–H groups in total. The maximum Gasteiger partial charge on any atom is 0.151 e. The summed E-state index contributed by atoms with van der Waals surface area (Å²) in [6.45, 7) is 0. The molecule has 0 amide bonds. The number of aromatic nitrogens is 2. The van der Waals surface area contributed by atoms with Crippen LogP contribution in [-0.4, -0.2) is 14.7 Å². The minimum absolute atomic E-state index is 0.152. The minimum Gasteiger partial charge on any atom is -0.379 e. The van der Waals surface area contributed by atoms with Gasteiger partial charge in [0.05, 0.1) is 6.33 Å². The van der Waals surface area contributed by atoms with E-state index in [2.05, 4.69) is 4.98 Å². The molecule has 0 saturated heterocycles. The van der Waals surface area contributed by atoms with E-state index < -0.39 is 0 Å². The fourth-order valence-corrected chi connectivity index (χ4v) is 1.85. The van der Waals surface area contributed by atoms with Crippen molar-refractivity contribution in [3.63, 3.8) is 0 Å². The van der Waals surface area contributed by atoms with Gasteiger partial charge >= 0.3 is 0 Å². The molecule has 16 heavy (non-hydrogen) atoms. The first-order chi connectivity index (χ1) is 7.75. The third kappa shape index (κ3) is 2.64. The molecule has 0 fully saturated rings. The normalized spacial score (nSPS) is 10.2. The Hall–Kier alpha value is -1.75. The molecule has 4 nitrogen and oxygen atoms in total. The Kier molecular flexibility index (Phi) is 3.26. The number of amidine groups is 1. The molecule has 0 atom stereocenters. The fraction of sp³-hybridized carbons (Fsp3) is 0.0909. The molecule has 2 rings (SSSR count). The lowest BCUT2D eigenvalue weighted by atomic mass is 10.2. The molecule has 82 valence electrons. The third-order valence-corrected chi connectivity index (χ3v) is 2.92. The highest BCUT2D eigenvalue weighted by atomic mass is 32.2. The van der Waals surface area contributed by atoms with Gasteiger partial charge in [0, 0.05) is 23.8 Å². The number of hydrogen-bond donors (Lipinski definition) is 2. The van der Waals surface area contributed by atoms with E-state index in [0.29, 0.717) is 0 Å². The summed E-state index contributed by atoms with van der Waals surface area (Å²) in [6.07, 6.45) is 5.41. The van der Waals surface area contributed by atoms with Gasteiger partial charge in [0.1, 0.15) is 0 Å². The Morgan fingerprint density at radius 2 is 2.12 bits per heavy atom. The van der Waals surface area contributed by atoms with Crippen molar-refractivity contribution in [2.45, 2.75) is 5.75 Å². The van der Waals surface area contributed by atoms with Crippen molar-refractivity contribution in [3.8, 4) is 5.69 Å². The Bertz CT molecular complexity index is 461. The number of nitrogens with two attached hydrogens (primary N) is 1. The maximum atomic E-state index is 7.13. The second kappa shape index (κ2) is 4.85. The molecule has 0 aliphatic heterocycles. The summed E-state index contributed by atoms with van der Waals surface area (Å²) in [4.78, 5) is 3.99. The molecule has 1 aromatic heterocycles. The van der Waals surface area contributed by atoms with Gasteiger partial charge in [0.15, 0.2) is 5.17 Å². The van der Waals surface area contributed by atoms with Crippen molar-refractivity contribution >= 4 is 16.9 Å². The van der Waals surface area contributed by atoms with Gasteiger partial charge in [-0.2, -0.15) is 0 Å². The van der Waals surface area contributed by atoms with Crippen molar-refractivity contribution < 1.29 is 0 Å². The first-order valence-electron chi connectivity index (χ1n) is 4.80. The van der Waals surface area contributed by atoms with Gasteiger partial charge in [-0.05, 0) is 17.7 Å². The van der Waals surface area contributed by atoms with Gasteiger partial charge < -0.3 is 10.3 Å². The molecule has 1 heterocycles. The van der Waals surface area contributed by atoms with E-state index in [9.17, 15) is 0 Å². The van der Waals surface area contributed by atoms with Crippen LogP contribution in [0.15, 0.2) is 43.0 Å². The first kappa shape index (κ1) is 10.8. The molecule has 0 spiro atoms. The molecular weight excluding hydrogens is 220 g/mol. The van der Waals surface area contributed by atoms with Crippen LogP contribution in [-0.2, 0) is 5.75 Å². The molecule has 0 radical (unpaired) electrons. The summed E-state index contributed by atoms with van der Waals surface area (Å²) in [5, 5.41) is 7.28. The van der Waals surface area contributed by atoms with Crippen molar-refractivity contribution in [1.29, 1.82) is 5.41 Å². The van der Waals surface area contributed by atoms with Crippen LogP contribution in [0.3, 0.4) is 0 Å². The summed E-state index contributed by atoms with van der Waals surface area (Å²) in [6, 6.07) is 8.12. The Morgan fingerprint density at radius 3 is 2.69 bits per heavy atom. The molecule has 0 aliphatic carbocycles. The number of nitrogens with one attached hydrogen (secondary N) is 1. The van der Waals surface area contributed by atoms with Crippen LogP contribution in [0.4, 0.5) is 0 Å². The Labute approximate surface area is 98.0 Å². The fourth-order valence-electron chi connectivity index (χ4n) is 1.34. The number of nitrogens with zero attached hydrogens (tertiary/aromatic N) is 2. The average Bonchev–Trinajstić information content (AvgIpc) is 2.80. The summed E-state index contributed by atoms with van der Waals surface area (Å²) in [7, 11) is 0. The molecule has 5 heteroatoms. The number of rotatable bonds is 3. The molecule has 0 saturated carbocycles. The van der Waals surface area contributed by atoms with E-state index in [0.717, 1.165) is 17.0 Å². The average molecular weight is 232 g/mol. The van der Waals surface area contributed by atoms with E-state index in [1.165, 1.54) is 11.8 Å². The van der Waals surface area contributed by atoms with Gasteiger partial charge in [-0.3, -0.25) is 5.41 Å². The van der Waals surface area contributed by atoms with Crippen LogP contribution < -0.4 is 5.73 Å². The van der Waals surface area contributed by atoms with Crippen LogP contribution in [0.1, 0.15) is 5.56 Å². The highest BCUT2D eigenvalue weighted by Gasteiger charge is 1.97. The van der Waals surface area contributed by atoms with Crippen LogP contribution in [0.2, 0.25) is 0 Å². The highest BCUT2D eigenvalue weighted by Crippen LogP contribution is 2.14. The van der Waals surface area contributed by atoms with Gasteiger partial charge in [-0.1, -0.05) is 23.9 Å². The van der Waals surface area contributed by atoms with Gasteiger partial charge in [0.2, 0.25) is 0 Å². The highest BCUT2D eigenvalue weighted by molar-refractivity contribution is 8.13. The van der Waals surface area contributed by atoms with Gasteiger partial charge in [0.25, 0.3) is 0 Å². The summed E-state index contributed by atoms with van der Waals surface area (Å²) < 4.78 is 1.95. The van der Waals surface area contributed by atoms with Crippen LogP contribution in [0, 0.1) is 5.41 Å². The van der Waals surface area contributed by atoms with Crippen molar-refractivity contribution in [2.75, 3.05) is 0 Å². The molecule has 0 aliphatic rings. The number of hydrogen-bond acceptors (Lipinski definition) is 3. The van der Waals surface area contributed by atoms with E-state index >= 15 is 0 Å². The number of thioether (sulfide) groups is 1. The van der Waals surface area contributed by atoms with Gasteiger partial charge in [-0.25, -0.2) is 4.98 Å². The zero-order valence-corrected chi connectivity index (χ0v) is 9.45. The lowest BCUT2D eigenvalue weighted by Gasteiger charge is -2.04. The van der Waals surface area contributed by atoms with Crippen molar-refractivity contribution in [1.82, 2.24) is 9.55 Å². The van der Waals surface area contributed by atoms with Crippen LogP contribution >= 0.6 is 11.8 Å². The number of imidazole rings is 1.